The molecule has 2 aromatic carbocycles. The monoisotopic (exact) mass is 444 g/mol. The van der Waals surface area contributed by atoms with Crippen LogP contribution in [0, 0.1) is 0 Å². The van der Waals surface area contributed by atoms with Crippen molar-refractivity contribution < 1.29 is 19.1 Å². The van der Waals surface area contributed by atoms with Crippen LogP contribution >= 0.6 is 11.6 Å². The molecule has 1 aliphatic rings. The van der Waals surface area contributed by atoms with Gasteiger partial charge in [-0.2, -0.15) is 0 Å². The fourth-order valence-corrected chi connectivity index (χ4v) is 3.91. The molecule has 6 nitrogen and oxygen atoms in total. The molecule has 0 aromatic heterocycles. The van der Waals surface area contributed by atoms with Gasteiger partial charge in [-0.3, -0.25) is 4.79 Å². The van der Waals surface area contributed by atoms with E-state index in [1.807, 2.05) is 24.3 Å². The van der Waals surface area contributed by atoms with Crippen molar-refractivity contribution >= 4 is 29.2 Å². The first-order chi connectivity index (χ1) is 15.0. The second-order valence-corrected chi connectivity index (χ2v) is 7.94. The zero-order valence-electron chi connectivity index (χ0n) is 18.0. The van der Waals surface area contributed by atoms with Crippen LogP contribution in [-0.4, -0.2) is 51.3 Å². The Bertz CT molecular complexity index is 893. The van der Waals surface area contributed by atoms with Gasteiger partial charge in [0.1, 0.15) is 0 Å². The van der Waals surface area contributed by atoms with E-state index >= 15 is 0 Å². The van der Waals surface area contributed by atoms with Crippen LogP contribution < -0.4 is 10.2 Å². The molecule has 0 radical (unpaired) electrons. The molecule has 1 N–H and O–H groups in total. The van der Waals surface area contributed by atoms with Crippen LogP contribution in [0.5, 0.6) is 0 Å². The summed E-state index contributed by atoms with van der Waals surface area (Å²) in [6.07, 6.45) is 2.80. The van der Waals surface area contributed by atoms with Crippen LogP contribution in [-0.2, 0) is 15.9 Å². The van der Waals surface area contributed by atoms with Gasteiger partial charge >= 0.3 is 5.97 Å². The number of piperidine rings is 1. The van der Waals surface area contributed by atoms with Gasteiger partial charge in [-0.25, -0.2) is 4.79 Å². The molecule has 0 atom stereocenters. The molecule has 1 aliphatic heterocycles. The van der Waals surface area contributed by atoms with Crippen LogP contribution in [0.2, 0.25) is 5.02 Å². The van der Waals surface area contributed by atoms with Crippen molar-refractivity contribution in [2.75, 3.05) is 38.3 Å². The highest BCUT2D eigenvalue weighted by atomic mass is 35.5. The van der Waals surface area contributed by atoms with E-state index in [9.17, 15) is 9.59 Å². The number of nitrogens with zero attached hydrogens (tertiary/aromatic N) is 1. The van der Waals surface area contributed by atoms with E-state index in [0.29, 0.717) is 35.7 Å². The maximum absolute atomic E-state index is 12.9. The molecule has 0 bridgehead atoms. The molecule has 0 aliphatic carbocycles. The molecule has 1 saturated heterocycles. The third-order valence-corrected chi connectivity index (χ3v) is 5.72. The predicted octanol–water partition coefficient (Wildman–Crippen LogP) is 4.10. The highest BCUT2D eigenvalue weighted by Crippen LogP contribution is 2.27. The Balaban J connectivity index is 1.59. The fraction of sp³-hybridized carbons (Fsp3) is 0.417. The summed E-state index contributed by atoms with van der Waals surface area (Å²) in [7, 11) is 1.74. The number of anilines is 1. The standard InChI is InChI=1S/C24H29ClN2O4/c1-3-31-24(29)18-6-4-17(5-7-18)10-13-26-23(28)21-16-19(25)8-9-22(21)27-14-11-20(30-2)12-15-27/h4-9,16,20H,3,10-15H2,1-2H3,(H,26,28). The number of carbonyl (C=O) groups is 2. The van der Waals surface area contributed by atoms with E-state index in [2.05, 4.69) is 10.2 Å². The van der Waals surface area contributed by atoms with Gasteiger partial charge in [0.2, 0.25) is 0 Å². The minimum Gasteiger partial charge on any atom is -0.462 e. The number of carbonyl (C=O) groups excluding carboxylic acids is 2. The van der Waals surface area contributed by atoms with Crippen molar-refractivity contribution in [2.24, 2.45) is 0 Å². The summed E-state index contributed by atoms with van der Waals surface area (Å²) in [5.41, 5.74) is 3.04. The van der Waals surface area contributed by atoms with E-state index in [4.69, 9.17) is 21.1 Å². The molecule has 2 aromatic rings. The summed E-state index contributed by atoms with van der Waals surface area (Å²) < 4.78 is 10.4. The first-order valence-electron chi connectivity index (χ1n) is 10.6. The second-order valence-electron chi connectivity index (χ2n) is 7.51. The smallest absolute Gasteiger partial charge is 0.338 e. The van der Waals surface area contributed by atoms with Gasteiger partial charge in [0.15, 0.2) is 0 Å². The Morgan fingerprint density at radius 1 is 1.13 bits per heavy atom. The number of ether oxygens (including phenoxy) is 2. The van der Waals surface area contributed by atoms with Crippen LogP contribution in [0.3, 0.4) is 0 Å². The topological polar surface area (TPSA) is 67.9 Å². The number of amides is 1. The maximum atomic E-state index is 12.9. The minimum atomic E-state index is -0.328. The lowest BCUT2D eigenvalue weighted by Crippen LogP contribution is -2.38. The fourth-order valence-electron chi connectivity index (χ4n) is 3.74. The van der Waals surface area contributed by atoms with Crippen LogP contribution in [0.1, 0.15) is 46.0 Å². The summed E-state index contributed by atoms with van der Waals surface area (Å²) in [6.45, 7) is 4.29. The zero-order valence-corrected chi connectivity index (χ0v) is 18.8. The van der Waals surface area contributed by atoms with Crippen LogP contribution in [0.25, 0.3) is 0 Å². The third-order valence-electron chi connectivity index (χ3n) is 5.48. The number of hydrogen-bond acceptors (Lipinski definition) is 5. The normalized spacial score (nSPS) is 14.4. The van der Waals surface area contributed by atoms with Gasteiger partial charge in [-0.15, -0.1) is 0 Å². The first kappa shape index (κ1) is 23.1. The SMILES string of the molecule is CCOC(=O)c1ccc(CCNC(=O)c2cc(Cl)ccc2N2CCC(OC)CC2)cc1. The second kappa shape index (κ2) is 11.2. The third kappa shape index (κ3) is 6.21. The number of halogens is 1. The molecule has 0 unspecified atom stereocenters. The number of rotatable bonds is 8. The summed E-state index contributed by atoms with van der Waals surface area (Å²) in [4.78, 5) is 26.9. The Hall–Kier alpha value is -2.57. The van der Waals surface area contributed by atoms with Crippen molar-refractivity contribution in [3.63, 3.8) is 0 Å². The van der Waals surface area contributed by atoms with Gasteiger partial charge < -0.3 is 19.7 Å². The van der Waals surface area contributed by atoms with Gasteiger partial charge in [0.25, 0.3) is 5.91 Å². The highest BCUT2D eigenvalue weighted by molar-refractivity contribution is 6.31. The summed E-state index contributed by atoms with van der Waals surface area (Å²) in [5.74, 6) is -0.472. The highest BCUT2D eigenvalue weighted by Gasteiger charge is 2.23. The van der Waals surface area contributed by atoms with Crippen LogP contribution in [0.4, 0.5) is 5.69 Å². The first-order valence-corrected chi connectivity index (χ1v) is 11.0. The van der Waals surface area contributed by atoms with Gasteiger partial charge in [-0.05, 0) is 62.1 Å². The number of nitrogens with one attached hydrogen (secondary N) is 1. The molecule has 1 fully saturated rings. The molecule has 3 rings (SSSR count). The summed E-state index contributed by atoms with van der Waals surface area (Å²) in [5, 5.41) is 3.53. The molecule has 0 saturated carbocycles. The van der Waals surface area contributed by atoms with Gasteiger partial charge in [0, 0.05) is 37.5 Å². The van der Waals surface area contributed by atoms with E-state index in [-0.39, 0.29) is 18.0 Å². The average molecular weight is 445 g/mol. The Morgan fingerprint density at radius 3 is 2.48 bits per heavy atom. The molecule has 0 spiro atoms. The maximum Gasteiger partial charge on any atom is 0.338 e. The van der Waals surface area contributed by atoms with E-state index < -0.39 is 0 Å². The molecule has 166 valence electrons. The van der Waals surface area contributed by atoms with Crippen molar-refractivity contribution in [2.45, 2.75) is 32.3 Å². The van der Waals surface area contributed by atoms with E-state index in [1.165, 1.54) is 0 Å². The van der Waals surface area contributed by atoms with E-state index in [1.54, 1.807) is 32.2 Å². The lowest BCUT2D eigenvalue weighted by molar-refractivity contribution is 0.0526. The molecule has 31 heavy (non-hydrogen) atoms. The Morgan fingerprint density at radius 2 is 1.84 bits per heavy atom. The van der Waals surface area contributed by atoms with Crippen molar-refractivity contribution in [3.05, 3.63) is 64.2 Å². The number of hydrogen-bond donors (Lipinski definition) is 1. The lowest BCUT2D eigenvalue weighted by Gasteiger charge is -2.34. The van der Waals surface area contributed by atoms with Crippen molar-refractivity contribution in [1.82, 2.24) is 5.32 Å². The Kier molecular flexibility index (Phi) is 8.32. The Labute approximate surface area is 188 Å². The zero-order chi connectivity index (χ0) is 22.2. The quantitative estimate of drug-likeness (QED) is 0.621. The summed E-state index contributed by atoms with van der Waals surface area (Å²) >= 11 is 6.18. The number of methoxy groups -OCH3 is 1. The summed E-state index contributed by atoms with van der Waals surface area (Å²) in [6, 6.07) is 12.7. The van der Waals surface area contributed by atoms with Crippen LogP contribution in [0.15, 0.2) is 42.5 Å². The molecule has 1 heterocycles. The number of benzene rings is 2. The van der Waals surface area contributed by atoms with E-state index in [0.717, 1.165) is 37.2 Å². The largest absolute Gasteiger partial charge is 0.462 e. The molecule has 7 heteroatoms. The molecular formula is C24H29ClN2O4. The molecular weight excluding hydrogens is 416 g/mol. The van der Waals surface area contributed by atoms with Gasteiger partial charge in [0.05, 0.1) is 23.8 Å². The van der Waals surface area contributed by atoms with Crippen molar-refractivity contribution in [1.29, 1.82) is 0 Å². The minimum absolute atomic E-state index is 0.144. The van der Waals surface area contributed by atoms with Crippen molar-refractivity contribution in [3.8, 4) is 0 Å². The number of esters is 1. The molecule has 1 amide bonds. The predicted molar refractivity (Wildman–Crippen MR) is 122 cm³/mol. The lowest BCUT2D eigenvalue weighted by atomic mass is 10.0. The van der Waals surface area contributed by atoms with Gasteiger partial charge in [-0.1, -0.05) is 23.7 Å². The average Bonchev–Trinajstić information content (AvgIpc) is 2.79.